The van der Waals surface area contributed by atoms with Crippen LogP contribution in [0.25, 0.3) is 0 Å². The molecule has 47 heavy (non-hydrogen) atoms. The van der Waals surface area contributed by atoms with E-state index in [0.717, 1.165) is 40.1 Å². The molecular weight excluding hydrogens is 574 g/mol. The van der Waals surface area contributed by atoms with Crippen LogP contribution in [0.2, 0.25) is 0 Å². The van der Waals surface area contributed by atoms with Crippen molar-refractivity contribution in [1.82, 2.24) is 4.58 Å². The lowest BCUT2D eigenvalue weighted by Crippen LogP contribution is -2.45. The summed E-state index contributed by atoms with van der Waals surface area (Å²) in [6, 6.07) is 71.7. The fourth-order valence-corrected chi connectivity index (χ4v) is 5.32. The van der Waals surface area contributed by atoms with Crippen LogP contribution in [0, 0.1) is 0 Å². The Kier molecular flexibility index (Phi) is 10.1. The van der Waals surface area contributed by atoms with Crippen LogP contribution in [0.1, 0.15) is 0 Å². The van der Waals surface area contributed by atoms with Crippen LogP contribution in [0.4, 0.5) is 34.1 Å². The van der Waals surface area contributed by atoms with Gasteiger partial charge in [0.15, 0.2) is 0 Å². The summed E-state index contributed by atoms with van der Waals surface area (Å²) in [6.07, 6.45) is 0. The predicted molar refractivity (Wildman–Crippen MR) is 195 cm³/mol. The summed E-state index contributed by atoms with van der Waals surface area (Å²) in [6.45, 7) is 0. The molecule has 0 fully saturated rings. The summed E-state index contributed by atoms with van der Waals surface area (Å²) in [5.41, 5.74) is 6.32. The van der Waals surface area contributed by atoms with Crippen molar-refractivity contribution in [3.63, 3.8) is 0 Å². The van der Waals surface area contributed by atoms with E-state index >= 15 is 0 Å². The lowest BCUT2D eigenvalue weighted by atomic mass is 10.2. The number of hydrogen-bond donors (Lipinski definition) is 0. The van der Waals surface area contributed by atoms with Crippen molar-refractivity contribution >= 4 is 40.1 Å². The molecule has 0 saturated heterocycles. The van der Waals surface area contributed by atoms with E-state index in [1.165, 1.54) is 12.1 Å². The third kappa shape index (κ3) is 7.64. The van der Waals surface area contributed by atoms with E-state index in [1.54, 1.807) is 12.1 Å². The minimum absolute atomic E-state index is 0.0718. The normalized spacial score (nSPS) is 10.2. The molecule has 4 heteroatoms. The van der Waals surface area contributed by atoms with Crippen molar-refractivity contribution in [2.24, 2.45) is 0 Å². The second kappa shape index (κ2) is 15.6. The minimum atomic E-state index is 0.0718. The smallest absolute Gasteiger partial charge is 0.380 e. The molecule has 0 radical (unpaired) electrons. The van der Waals surface area contributed by atoms with Crippen molar-refractivity contribution < 1.29 is 5.11 Å². The first-order valence-corrected chi connectivity index (χ1v) is 15.6. The fourth-order valence-electron chi connectivity index (χ4n) is 5.32. The highest BCUT2D eigenvalue weighted by Gasteiger charge is 2.36. The van der Waals surface area contributed by atoms with Gasteiger partial charge in [0, 0.05) is 0 Å². The lowest BCUT2D eigenvalue weighted by Gasteiger charge is -2.30. The molecule has 7 aromatic carbocycles. The number of guanidine groups is 1. The highest BCUT2D eigenvalue weighted by atomic mass is 16.3. The van der Waals surface area contributed by atoms with Gasteiger partial charge < -0.3 is 5.11 Å². The van der Waals surface area contributed by atoms with E-state index in [2.05, 4.69) is 196 Å². The van der Waals surface area contributed by atoms with E-state index in [-0.39, 0.29) is 5.75 Å². The predicted octanol–water partition coefficient (Wildman–Crippen LogP) is 10.3. The average Bonchev–Trinajstić information content (AvgIpc) is 3.15. The van der Waals surface area contributed by atoms with Gasteiger partial charge in [-0.25, -0.2) is 0 Å². The van der Waals surface area contributed by atoms with Crippen LogP contribution in [0.3, 0.4) is 0 Å². The number of benzene rings is 7. The SMILES string of the molecule is [O-]c1ccccc1.c1ccc(N(C(N(c2ccccc2)c2ccccc2)=[N+](c2ccccc2)c2ccccc2)c2ccccc2)cc1. The molecule has 0 aliphatic heterocycles. The Bertz CT molecular complexity index is 1750. The van der Waals surface area contributed by atoms with Gasteiger partial charge in [0.2, 0.25) is 0 Å². The Balaban J connectivity index is 0.000000491. The number of hydrogen-bond acceptors (Lipinski definition) is 1. The largest absolute Gasteiger partial charge is 0.872 e. The van der Waals surface area contributed by atoms with Gasteiger partial charge in [0.05, 0.1) is 0 Å². The summed E-state index contributed by atoms with van der Waals surface area (Å²) in [7, 11) is 0. The Morgan fingerprint density at radius 3 is 0.787 bits per heavy atom. The molecule has 0 heterocycles. The molecule has 0 unspecified atom stereocenters. The first-order valence-electron chi connectivity index (χ1n) is 15.6. The molecule has 0 bridgehead atoms. The molecular formula is C43H35N3O. The van der Waals surface area contributed by atoms with Gasteiger partial charge >= 0.3 is 5.96 Å². The molecule has 0 N–H and O–H groups in total. The molecule has 0 aliphatic carbocycles. The maximum Gasteiger partial charge on any atom is 0.380 e. The van der Waals surface area contributed by atoms with Crippen molar-refractivity contribution in [2.45, 2.75) is 0 Å². The Hall–Kier alpha value is -6.39. The minimum Gasteiger partial charge on any atom is -0.872 e. The molecule has 4 nitrogen and oxygen atoms in total. The standard InChI is InChI=1S/C37H30N3.C6H6O/c1-7-19-31(20-8-1)38(32-21-9-2-10-22-32)37(39(33-23-11-3-12-24-33)34-25-13-4-14-26-34)40(35-27-15-5-16-28-35)36-29-17-6-18-30-36;7-6-4-2-1-3-5-6/h1-30H;1-5,7H/q+1;/p-1. The third-order valence-corrected chi connectivity index (χ3v) is 7.43. The second-order valence-corrected chi connectivity index (χ2v) is 10.6. The van der Waals surface area contributed by atoms with Gasteiger partial charge in [-0.3, -0.25) is 0 Å². The lowest BCUT2D eigenvalue weighted by molar-refractivity contribution is -0.268. The van der Waals surface area contributed by atoms with Gasteiger partial charge in [0.1, 0.15) is 34.1 Å². The topological polar surface area (TPSA) is 32.5 Å². The number of rotatable bonds is 6. The summed E-state index contributed by atoms with van der Waals surface area (Å²) in [5.74, 6) is 1.02. The van der Waals surface area contributed by atoms with E-state index in [1.807, 2.05) is 6.07 Å². The van der Waals surface area contributed by atoms with Gasteiger partial charge in [-0.2, -0.15) is 14.4 Å². The van der Waals surface area contributed by atoms with Crippen LogP contribution in [-0.4, -0.2) is 5.96 Å². The third-order valence-electron chi connectivity index (χ3n) is 7.43. The van der Waals surface area contributed by atoms with Crippen LogP contribution < -0.4 is 19.5 Å². The highest BCUT2D eigenvalue weighted by Crippen LogP contribution is 2.35. The van der Waals surface area contributed by atoms with Gasteiger partial charge in [-0.1, -0.05) is 140 Å². The highest BCUT2D eigenvalue weighted by molar-refractivity contribution is 6.17. The van der Waals surface area contributed by atoms with Crippen LogP contribution in [0.5, 0.6) is 5.75 Å². The molecule has 228 valence electrons. The van der Waals surface area contributed by atoms with Crippen LogP contribution in [-0.2, 0) is 0 Å². The molecule has 0 aromatic heterocycles. The fraction of sp³-hybridized carbons (Fsp3) is 0. The van der Waals surface area contributed by atoms with Gasteiger partial charge in [0.25, 0.3) is 0 Å². The van der Waals surface area contributed by atoms with Crippen molar-refractivity contribution in [3.8, 4) is 5.75 Å². The number of para-hydroxylation sites is 7. The molecule has 7 aromatic rings. The zero-order chi connectivity index (χ0) is 32.1. The van der Waals surface area contributed by atoms with Crippen molar-refractivity contribution in [3.05, 3.63) is 212 Å². The van der Waals surface area contributed by atoms with E-state index in [4.69, 9.17) is 0 Å². The molecule has 7 rings (SSSR count). The molecule has 0 atom stereocenters. The molecule has 0 saturated carbocycles. The molecule has 0 spiro atoms. The quantitative estimate of drug-likeness (QED) is 0.107. The average molecular weight is 610 g/mol. The van der Waals surface area contributed by atoms with E-state index in [0.29, 0.717) is 0 Å². The maximum absolute atomic E-state index is 10.3. The number of anilines is 4. The molecule has 0 amide bonds. The van der Waals surface area contributed by atoms with E-state index < -0.39 is 0 Å². The molecule has 0 aliphatic rings. The maximum atomic E-state index is 10.3. The number of nitrogens with zero attached hydrogens (tertiary/aromatic N) is 3. The second-order valence-electron chi connectivity index (χ2n) is 10.6. The zero-order valence-electron chi connectivity index (χ0n) is 26.0. The first kappa shape index (κ1) is 30.6. The van der Waals surface area contributed by atoms with Crippen LogP contribution in [0.15, 0.2) is 212 Å². The summed E-state index contributed by atoms with van der Waals surface area (Å²) in [4.78, 5) is 4.67. The zero-order valence-corrected chi connectivity index (χ0v) is 26.0. The Morgan fingerprint density at radius 2 is 0.553 bits per heavy atom. The monoisotopic (exact) mass is 609 g/mol. The van der Waals surface area contributed by atoms with E-state index in [9.17, 15) is 5.11 Å². The Labute approximate surface area is 277 Å². The van der Waals surface area contributed by atoms with Crippen LogP contribution >= 0.6 is 0 Å². The summed E-state index contributed by atoms with van der Waals surface area (Å²) >= 11 is 0. The van der Waals surface area contributed by atoms with Gasteiger partial charge in [-0.15, -0.1) is 5.75 Å². The Morgan fingerprint density at radius 1 is 0.319 bits per heavy atom. The summed E-state index contributed by atoms with van der Waals surface area (Å²) < 4.78 is 2.33. The first-order chi connectivity index (χ1) is 23.3. The summed E-state index contributed by atoms with van der Waals surface area (Å²) in [5, 5.41) is 10.3. The van der Waals surface area contributed by atoms with Crippen molar-refractivity contribution in [2.75, 3.05) is 9.80 Å². The van der Waals surface area contributed by atoms with Gasteiger partial charge in [-0.05, 0) is 72.8 Å². The van der Waals surface area contributed by atoms with Crippen molar-refractivity contribution in [1.29, 1.82) is 0 Å².